The number of halogens is 2. The third-order valence-electron chi connectivity index (χ3n) is 5.51. The number of fused-ring (bicyclic) bond motifs is 1. The smallest absolute Gasteiger partial charge is 0.224 e. The molecule has 1 aliphatic heterocycles. The summed E-state index contributed by atoms with van der Waals surface area (Å²) in [4.78, 5) is 13.7. The van der Waals surface area contributed by atoms with Gasteiger partial charge in [0.2, 0.25) is 11.9 Å². The minimum absolute atomic E-state index is 0.0350. The largest absolute Gasteiger partial charge is 0.379 e. The zero-order chi connectivity index (χ0) is 21.8. The van der Waals surface area contributed by atoms with E-state index in [1.54, 1.807) is 6.20 Å². The Hall–Kier alpha value is -2.81. The van der Waals surface area contributed by atoms with Gasteiger partial charge in [-0.25, -0.2) is 18.7 Å². The molecule has 0 spiro atoms. The van der Waals surface area contributed by atoms with Crippen LogP contribution in [0.15, 0.2) is 24.4 Å². The summed E-state index contributed by atoms with van der Waals surface area (Å²) >= 11 is 0. The maximum atomic E-state index is 14.3. The maximum absolute atomic E-state index is 14.3. The van der Waals surface area contributed by atoms with Crippen molar-refractivity contribution in [2.75, 3.05) is 23.8 Å². The Morgan fingerprint density at radius 2 is 1.90 bits per heavy atom. The van der Waals surface area contributed by atoms with Crippen molar-refractivity contribution in [2.45, 2.75) is 58.0 Å². The Balaban J connectivity index is 1.73. The molecule has 1 atom stereocenters. The molecule has 0 aliphatic carbocycles. The van der Waals surface area contributed by atoms with Crippen molar-refractivity contribution in [3.05, 3.63) is 36.0 Å². The maximum Gasteiger partial charge on any atom is 0.224 e. The number of imidazole rings is 1. The lowest BCUT2D eigenvalue weighted by molar-refractivity contribution is 0.187. The first-order valence-corrected chi connectivity index (χ1v) is 10.9. The van der Waals surface area contributed by atoms with Gasteiger partial charge in [-0.05, 0) is 31.4 Å². The Morgan fingerprint density at radius 1 is 1.16 bits per heavy atom. The van der Waals surface area contributed by atoms with E-state index in [1.165, 1.54) is 18.2 Å². The fraction of sp³-hybridized carbons (Fsp3) is 0.500. The second-order valence-electron chi connectivity index (χ2n) is 7.87. The predicted molar refractivity (Wildman–Crippen MR) is 117 cm³/mol. The van der Waals surface area contributed by atoms with E-state index in [9.17, 15) is 8.78 Å². The molecule has 9 heteroatoms. The Morgan fingerprint density at radius 3 is 2.55 bits per heavy atom. The van der Waals surface area contributed by atoms with E-state index in [4.69, 9.17) is 9.72 Å². The summed E-state index contributed by atoms with van der Waals surface area (Å²) in [5, 5.41) is 6.27. The molecular weight excluding hydrogens is 402 g/mol. The molecule has 0 amide bonds. The van der Waals surface area contributed by atoms with Gasteiger partial charge in [0.25, 0.3) is 0 Å². The third-order valence-corrected chi connectivity index (χ3v) is 5.51. The zero-order valence-corrected chi connectivity index (χ0v) is 17.9. The van der Waals surface area contributed by atoms with Gasteiger partial charge < -0.3 is 15.4 Å². The minimum Gasteiger partial charge on any atom is -0.379 e. The van der Waals surface area contributed by atoms with E-state index in [-0.39, 0.29) is 11.7 Å². The molecule has 166 valence electrons. The number of ether oxygens (including phenoxy) is 1. The van der Waals surface area contributed by atoms with Crippen molar-refractivity contribution in [1.29, 1.82) is 0 Å². The monoisotopic (exact) mass is 430 g/mol. The van der Waals surface area contributed by atoms with E-state index in [0.29, 0.717) is 42.3 Å². The lowest BCUT2D eigenvalue weighted by Crippen LogP contribution is -2.21. The highest BCUT2D eigenvalue weighted by molar-refractivity contribution is 5.76. The van der Waals surface area contributed by atoms with Gasteiger partial charge in [0.05, 0.1) is 18.8 Å². The quantitative estimate of drug-likeness (QED) is 0.487. The van der Waals surface area contributed by atoms with Gasteiger partial charge in [-0.3, -0.25) is 4.57 Å². The number of hydrogen-bond acceptors (Lipinski definition) is 6. The van der Waals surface area contributed by atoms with E-state index in [2.05, 4.69) is 34.4 Å². The van der Waals surface area contributed by atoms with E-state index >= 15 is 0 Å². The van der Waals surface area contributed by atoms with Crippen LogP contribution in [0.25, 0.3) is 11.2 Å². The molecule has 0 saturated carbocycles. The molecule has 1 saturated heterocycles. The van der Waals surface area contributed by atoms with Crippen LogP contribution in [-0.2, 0) is 4.74 Å². The molecule has 4 rings (SSSR count). The van der Waals surface area contributed by atoms with Crippen LogP contribution in [0.4, 0.5) is 26.4 Å². The first-order valence-electron chi connectivity index (χ1n) is 10.9. The molecule has 2 aromatic heterocycles. The van der Waals surface area contributed by atoms with Crippen LogP contribution >= 0.6 is 0 Å². The summed E-state index contributed by atoms with van der Waals surface area (Å²) < 4.78 is 35.9. The standard InChI is InChI=1S/C22H28F2N6O/c1-3-6-14(7-4-2)26-21-25-12-18-20(29-21)30(15-10-11-31-13-15)22(27-18)28-19-16(23)8-5-9-17(19)24/h5,8-9,12,14-15H,3-4,6-7,10-11,13H2,1-2H3,(H,27,28)(H,25,26,29). The summed E-state index contributed by atoms with van der Waals surface area (Å²) in [6.45, 7) is 5.41. The van der Waals surface area contributed by atoms with Crippen molar-refractivity contribution in [2.24, 2.45) is 0 Å². The number of nitrogens with zero attached hydrogens (tertiary/aromatic N) is 4. The van der Waals surface area contributed by atoms with E-state index in [0.717, 1.165) is 32.1 Å². The number of benzene rings is 1. The fourth-order valence-electron chi connectivity index (χ4n) is 4.02. The van der Waals surface area contributed by atoms with Gasteiger partial charge >= 0.3 is 0 Å². The topological polar surface area (TPSA) is 76.9 Å². The molecule has 1 aromatic carbocycles. The average molecular weight is 431 g/mol. The molecule has 7 nitrogen and oxygen atoms in total. The number of nitrogens with one attached hydrogen (secondary N) is 2. The number of hydrogen-bond donors (Lipinski definition) is 2. The number of para-hydroxylation sites is 1. The van der Waals surface area contributed by atoms with Crippen LogP contribution in [0, 0.1) is 11.6 Å². The highest BCUT2D eigenvalue weighted by Crippen LogP contribution is 2.31. The van der Waals surface area contributed by atoms with E-state index < -0.39 is 11.6 Å². The Bertz CT molecular complexity index is 1010. The van der Waals surface area contributed by atoms with E-state index in [1.807, 2.05) is 4.57 Å². The summed E-state index contributed by atoms with van der Waals surface area (Å²) in [7, 11) is 0. The molecule has 2 N–H and O–H groups in total. The van der Waals surface area contributed by atoms with Crippen LogP contribution in [0.3, 0.4) is 0 Å². The van der Waals surface area contributed by atoms with Gasteiger partial charge in [-0.15, -0.1) is 0 Å². The van der Waals surface area contributed by atoms with Crippen LogP contribution in [0.1, 0.15) is 52.0 Å². The third kappa shape index (κ3) is 4.61. The van der Waals surface area contributed by atoms with Gasteiger partial charge in [0.1, 0.15) is 22.8 Å². The summed E-state index contributed by atoms with van der Waals surface area (Å²) in [5.41, 5.74) is 0.924. The Kier molecular flexibility index (Phi) is 6.60. The highest BCUT2D eigenvalue weighted by Gasteiger charge is 2.26. The summed E-state index contributed by atoms with van der Waals surface area (Å²) in [6, 6.07) is 4.01. The average Bonchev–Trinajstić information content (AvgIpc) is 3.38. The highest BCUT2D eigenvalue weighted by atomic mass is 19.1. The Labute approximate surface area is 180 Å². The molecule has 0 radical (unpaired) electrons. The van der Waals surface area contributed by atoms with Crippen molar-refractivity contribution in [3.63, 3.8) is 0 Å². The van der Waals surface area contributed by atoms with Crippen LogP contribution < -0.4 is 10.6 Å². The molecule has 1 unspecified atom stereocenters. The molecule has 3 aromatic rings. The van der Waals surface area contributed by atoms with Gasteiger partial charge in [-0.2, -0.15) is 4.98 Å². The summed E-state index contributed by atoms with van der Waals surface area (Å²) in [6.07, 6.45) is 6.61. The summed E-state index contributed by atoms with van der Waals surface area (Å²) in [5.74, 6) is -0.518. The van der Waals surface area contributed by atoms with Crippen LogP contribution in [0.2, 0.25) is 0 Å². The molecule has 1 fully saturated rings. The first-order chi connectivity index (χ1) is 15.1. The first kappa shape index (κ1) is 21.4. The lowest BCUT2D eigenvalue weighted by atomic mass is 10.1. The van der Waals surface area contributed by atoms with Gasteiger partial charge in [0, 0.05) is 12.6 Å². The SMILES string of the molecule is CCCC(CCC)Nc1ncc2nc(Nc3c(F)cccc3F)n(C3CCOC3)c2n1. The predicted octanol–water partition coefficient (Wildman–Crippen LogP) is 5.19. The molecular formula is C22H28F2N6O. The van der Waals surface area contributed by atoms with Gasteiger partial charge in [0.15, 0.2) is 5.65 Å². The number of anilines is 3. The van der Waals surface area contributed by atoms with Crippen molar-refractivity contribution in [1.82, 2.24) is 19.5 Å². The van der Waals surface area contributed by atoms with Crippen LogP contribution in [0.5, 0.6) is 0 Å². The second-order valence-corrected chi connectivity index (χ2v) is 7.87. The lowest BCUT2D eigenvalue weighted by Gasteiger charge is -2.18. The van der Waals surface area contributed by atoms with Gasteiger partial charge in [-0.1, -0.05) is 32.8 Å². The number of rotatable bonds is 9. The minimum atomic E-state index is -0.684. The zero-order valence-electron chi connectivity index (χ0n) is 17.9. The van der Waals surface area contributed by atoms with Crippen molar-refractivity contribution in [3.8, 4) is 0 Å². The molecule has 31 heavy (non-hydrogen) atoms. The second kappa shape index (κ2) is 9.55. The van der Waals surface area contributed by atoms with Crippen molar-refractivity contribution < 1.29 is 13.5 Å². The van der Waals surface area contributed by atoms with Crippen molar-refractivity contribution >= 4 is 28.7 Å². The van der Waals surface area contributed by atoms with Crippen LogP contribution in [-0.4, -0.2) is 38.8 Å². The normalized spacial score (nSPS) is 16.4. The fourth-order valence-corrected chi connectivity index (χ4v) is 4.02. The molecule has 0 bridgehead atoms. The number of aromatic nitrogens is 4. The molecule has 3 heterocycles. The molecule has 1 aliphatic rings.